The minimum atomic E-state index is -4.35. The maximum Gasteiger partial charge on any atom is 0.408 e. The Kier molecular flexibility index (Phi) is 5.29. The van der Waals surface area contributed by atoms with Crippen LogP contribution in [0.1, 0.15) is 47.9 Å². The molecule has 1 aromatic carbocycles. The Labute approximate surface area is 208 Å². The van der Waals surface area contributed by atoms with Crippen LogP contribution >= 0.6 is 0 Å². The van der Waals surface area contributed by atoms with Gasteiger partial charge in [-0.1, -0.05) is 54.1 Å². The Morgan fingerprint density at radius 1 is 1.22 bits per heavy atom. The third-order valence-electron chi connectivity index (χ3n) is 7.75. The van der Waals surface area contributed by atoms with Gasteiger partial charge in [-0.15, -0.1) is 0 Å². The van der Waals surface area contributed by atoms with Gasteiger partial charge in [-0.2, -0.15) is 18.4 Å². The number of nitriles is 1. The van der Waals surface area contributed by atoms with Crippen molar-refractivity contribution in [1.82, 2.24) is 9.88 Å². The van der Waals surface area contributed by atoms with E-state index in [0.717, 1.165) is 22.3 Å². The molecule has 1 N–H and O–H groups in total. The fourth-order valence-electron chi connectivity index (χ4n) is 5.70. The first-order valence-corrected chi connectivity index (χ1v) is 12.2. The summed E-state index contributed by atoms with van der Waals surface area (Å²) < 4.78 is 41.3. The van der Waals surface area contributed by atoms with Gasteiger partial charge in [0.05, 0.1) is 18.0 Å². The Morgan fingerprint density at radius 2 is 2.03 bits per heavy atom. The number of alkyl halides is 3. The first kappa shape index (κ1) is 22.7. The zero-order valence-electron chi connectivity index (χ0n) is 19.8. The Morgan fingerprint density at radius 3 is 2.81 bits per heavy atom. The van der Waals surface area contributed by atoms with Crippen LogP contribution in [0.25, 0.3) is 11.6 Å². The second-order valence-electron chi connectivity index (χ2n) is 9.85. The molecule has 4 aliphatic rings. The van der Waals surface area contributed by atoms with E-state index < -0.39 is 18.3 Å². The van der Waals surface area contributed by atoms with E-state index in [2.05, 4.69) is 41.7 Å². The molecule has 1 fully saturated rings. The Balaban J connectivity index is 1.42. The lowest BCUT2D eigenvalue weighted by molar-refractivity contribution is -0.173. The second kappa shape index (κ2) is 8.41. The molecule has 182 valence electrons. The molecule has 2 aliphatic heterocycles. The molecule has 1 aromatic heterocycles. The quantitative estimate of drug-likeness (QED) is 0.543. The van der Waals surface area contributed by atoms with Gasteiger partial charge >= 0.3 is 6.18 Å². The molecule has 36 heavy (non-hydrogen) atoms. The van der Waals surface area contributed by atoms with Gasteiger partial charge in [-0.05, 0) is 54.2 Å². The van der Waals surface area contributed by atoms with Crippen molar-refractivity contribution < 1.29 is 13.2 Å². The average Bonchev–Trinajstić information content (AvgIpc) is 3.44. The molecule has 7 heteroatoms. The van der Waals surface area contributed by atoms with Crippen molar-refractivity contribution in [3.8, 4) is 6.07 Å². The van der Waals surface area contributed by atoms with Crippen LogP contribution in [0.4, 0.5) is 19.0 Å². The van der Waals surface area contributed by atoms with Crippen LogP contribution in [0.3, 0.4) is 0 Å². The number of benzene rings is 1. The van der Waals surface area contributed by atoms with Crippen LogP contribution in [-0.4, -0.2) is 34.7 Å². The molecule has 0 spiro atoms. The van der Waals surface area contributed by atoms with Crippen LogP contribution in [0, 0.1) is 17.2 Å². The molecular weight excluding hydrogens is 461 g/mol. The summed E-state index contributed by atoms with van der Waals surface area (Å²) in [5.41, 5.74) is 7.05. The number of allylic oxidation sites excluding steroid dienone is 4. The number of rotatable bonds is 3. The molecule has 2 aromatic rings. The number of nitrogens with zero attached hydrogens (tertiary/aromatic N) is 3. The van der Waals surface area contributed by atoms with Crippen LogP contribution in [-0.2, 0) is 0 Å². The summed E-state index contributed by atoms with van der Waals surface area (Å²) >= 11 is 0. The lowest BCUT2D eigenvalue weighted by Crippen LogP contribution is -2.47. The first-order chi connectivity index (χ1) is 17.3. The molecule has 6 rings (SSSR count). The van der Waals surface area contributed by atoms with E-state index in [0.29, 0.717) is 24.4 Å². The van der Waals surface area contributed by atoms with Crippen LogP contribution in [0.2, 0.25) is 0 Å². The van der Waals surface area contributed by atoms with Crippen LogP contribution < -0.4 is 5.32 Å². The lowest BCUT2D eigenvalue weighted by atomic mass is 9.75. The molecule has 1 saturated carbocycles. The highest BCUT2D eigenvalue weighted by atomic mass is 19.4. The standard InChI is InChI=1S/C29H25F3N4/c1-17(29(30,31)32)36-11-5-4-8-25(36)27-26(20-12-18(13-20)15-33)24-14-21(16-34-28(24)35-27)23-10-9-19-6-2-3-7-22(19)23/h2-10,14,16-18,23,27H,11-13H2,1H3,(H,34,35)/t17-,18?,23?,27?/m0/s1. The first-order valence-electron chi connectivity index (χ1n) is 12.2. The smallest absolute Gasteiger partial charge is 0.358 e. The summed E-state index contributed by atoms with van der Waals surface area (Å²) in [5.74, 6) is 0.705. The summed E-state index contributed by atoms with van der Waals surface area (Å²) in [6.45, 7) is 1.39. The zero-order chi connectivity index (χ0) is 25.0. The van der Waals surface area contributed by atoms with Crippen molar-refractivity contribution in [1.29, 1.82) is 5.26 Å². The third kappa shape index (κ3) is 3.63. The molecule has 3 atom stereocenters. The summed E-state index contributed by atoms with van der Waals surface area (Å²) in [4.78, 5) is 6.16. The predicted molar refractivity (Wildman–Crippen MR) is 134 cm³/mol. The summed E-state index contributed by atoms with van der Waals surface area (Å²) in [7, 11) is 0. The number of anilines is 1. The molecule has 0 amide bonds. The summed E-state index contributed by atoms with van der Waals surface area (Å²) in [6.07, 6.45) is 8.40. The zero-order valence-corrected chi connectivity index (χ0v) is 19.8. The number of pyridine rings is 1. The van der Waals surface area contributed by atoms with Crippen molar-refractivity contribution in [2.24, 2.45) is 5.92 Å². The lowest BCUT2D eigenvalue weighted by Gasteiger charge is -2.39. The number of aromatic nitrogens is 1. The van der Waals surface area contributed by atoms with Crippen molar-refractivity contribution in [2.45, 2.75) is 43.9 Å². The molecule has 0 bridgehead atoms. The van der Waals surface area contributed by atoms with Crippen molar-refractivity contribution in [2.75, 3.05) is 11.9 Å². The van der Waals surface area contributed by atoms with Gasteiger partial charge in [0.2, 0.25) is 0 Å². The van der Waals surface area contributed by atoms with Gasteiger partial charge in [-0.3, -0.25) is 0 Å². The normalized spacial score (nSPS) is 25.0. The predicted octanol–water partition coefficient (Wildman–Crippen LogP) is 6.43. The fraction of sp³-hybridized carbons (Fsp3) is 0.310. The highest BCUT2D eigenvalue weighted by Gasteiger charge is 2.45. The van der Waals surface area contributed by atoms with E-state index in [-0.39, 0.29) is 18.4 Å². The van der Waals surface area contributed by atoms with Crippen LogP contribution in [0.15, 0.2) is 72.1 Å². The van der Waals surface area contributed by atoms with Crippen molar-refractivity contribution >= 4 is 17.5 Å². The van der Waals surface area contributed by atoms with Gasteiger partial charge in [0.15, 0.2) is 0 Å². The number of hydrogen-bond donors (Lipinski definition) is 1. The minimum absolute atomic E-state index is 0.0524. The molecule has 0 saturated heterocycles. The van der Waals surface area contributed by atoms with Crippen LogP contribution in [0.5, 0.6) is 0 Å². The molecule has 2 aliphatic carbocycles. The molecule has 3 heterocycles. The minimum Gasteiger partial charge on any atom is -0.358 e. The molecule has 2 unspecified atom stereocenters. The SMILES string of the molecule is C[C@H](N1CC=CC=C1C1Nc2ncc(C3C=Cc4ccccc43)cc2C1=C1CC(C#N)C1)C(F)(F)F. The van der Waals surface area contributed by atoms with Gasteiger partial charge in [0.25, 0.3) is 0 Å². The van der Waals surface area contributed by atoms with Gasteiger partial charge in [0, 0.05) is 29.9 Å². The summed E-state index contributed by atoms with van der Waals surface area (Å²) in [5, 5.41) is 12.8. The topological polar surface area (TPSA) is 52.0 Å². The summed E-state index contributed by atoms with van der Waals surface area (Å²) in [6, 6.07) is 10.6. The maximum atomic E-state index is 13.8. The molecule has 0 radical (unpaired) electrons. The van der Waals surface area contributed by atoms with Gasteiger partial charge in [-0.25, -0.2) is 4.98 Å². The van der Waals surface area contributed by atoms with E-state index >= 15 is 0 Å². The number of fused-ring (bicyclic) bond motifs is 2. The van der Waals surface area contributed by atoms with E-state index in [1.165, 1.54) is 23.0 Å². The molecule has 4 nitrogen and oxygen atoms in total. The van der Waals surface area contributed by atoms with Gasteiger partial charge < -0.3 is 10.2 Å². The largest absolute Gasteiger partial charge is 0.408 e. The second-order valence-corrected chi connectivity index (χ2v) is 9.85. The van der Waals surface area contributed by atoms with E-state index in [4.69, 9.17) is 4.98 Å². The van der Waals surface area contributed by atoms with Crippen molar-refractivity contribution in [3.63, 3.8) is 0 Å². The van der Waals surface area contributed by atoms with Gasteiger partial charge in [0.1, 0.15) is 11.9 Å². The highest BCUT2D eigenvalue weighted by Crippen LogP contribution is 2.48. The molecular formula is C29H25F3N4. The Hall–Kier alpha value is -3.79. The van der Waals surface area contributed by atoms with E-state index in [1.807, 2.05) is 24.4 Å². The average molecular weight is 487 g/mol. The number of halogens is 3. The maximum absolute atomic E-state index is 13.8. The fourth-order valence-corrected chi connectivity index (χ4v) is 5.70. The van der Waals surface area contributed by atoms with E-state index in [9.17, 15) is 18.4 Å². The number of hydrogen-bond acceptors (Lipinski definition) is 4. The highest BCUT2D eigenvalue weighted by molar-refractivity contribution is 5.90. The number of nitrogens with one attached hydrogen (secondary N) is 1. The monoisotopic (exact) mass is 486 g/mol. The van der Waals surface area contributed by atoms with E-state index in [1.54, 1.807) is 12.2 Å². The van der Waals surface area contributed by atoms with Crippen molar-refractivity contribution in [3.05, 3.63) is 94.4 Å². The Bertz CT molecular complexity index is 1380. The third-order valence-corrected chi connectivity index (χ3v) is 7.75.